The third-order valence-corrected chi connectivity index (χ3v) is 7.68. The monoisotopic (exact) mass is 557 g/mol. The van der Waals surface area contributed by atoms with Crippen molar-refractivity contribution in [2.24, 2.45) is 5.92 Å². The molecule has 7 heteroatoms. The van der Waals surface area contributed by atoms with Crippen LogP contribution in [-0.4, -0.2) is 56.9 Å². The van der Waals surface area contributed by atoms with Crippen molar-refractivity contribution in [3.63, 3.8) is 0 Å². The molecule has 5 rings (SSSR count). The maximum absolute atomic E-state index is 13.4. The van der Waals surface area contributed by atoms with Crippen LogP contribution in [-0.2, 0) is 36.7 Å². The Labute approximate surface area is 242 Å². The minimum absolute atomic E-state index is 0.00398. The van der Waals surface area contributed by atoms with Crippen LogP contribution in [0.2, 0.25) is 0 Å². The first-order valence-corrected chi connectivity index (χ1v) is 14.5. The number of benzene rings is 3. The highest BCUT2D eigenvalue weighted by molar-refractivity contribution is 5.91. The molecule has 0 saturated heterocycles. The smallest absolute Gasteiger partial charge is 0.286 e. The van der Waals surface area contributed by atoms with E-state index in [9.17, 15) is 4.79 Å². The summed E-state index contributed by atoms with van der Waals surface area (Å²) in [5.74, 6) is -0.132. The second kappa shape index (κ2) is 14.4. The molecule has 0 bridgehead atoms. The van der Waals surface area contributed by atoms with Crippen molar-refractivity contribution in [3.8, 4) is 11.1 Å². The molecule has 1 amide bonds. The number of fused-ring (bicyclic) bond motifs is 3. The third kappa shape index (κ3) is 7.05. The zero-order valence-corrected chi connectivity index (χ0v) is 23.6. The van der Waals surface area contributed by atoms with E-state index < -0.39 is 6.29 Å². The predicted molar refractivity (Wildman–Crippen MR) is 157 cm³/mol. The molecule has 1 heterocycles. The Bertz CT molecular complexity index is 1320. The van der Waals surface area contributed by atoms with Gasteiger partial charge in [-0.25, -0.2) is 0 Å². The maximum Gasteiger partial charge on any atom is 0.286 e. The SMILES string of the molecule is CCO[C@@H]1OC(C(=O)NCc2ccccc2)=C[C@H](c2cccc3c2Cc2ccccc2-3)[C@@H]1CCOCCOCCO. The van der Waals surface area contributed by atoms with Gasteiger partial charge in [-0.3, -0.25) is 4.79 Å². The van der Waals surface area contributed by atoms with Crippen LogP contribution in [0.1, 0.15) is 41.5 Å². The molecule has 0 aromatic heterocycles. The first-order chi connectivity index (χ1) is 20.2. The Morgan fingerprint density at radius 3 is 2.49 bits per heavy atom. The van der Waals surface area contributed by atoms with Gasteiger partial charge in [0, 0.05) is 31.6 Å². The van der Waals surface area contributed by atoms with Crippen LogP contribution in [0.25, 0.3) is 11.1 Å². The van der Waals surface area contributed by atoms with Gasteiger partial charge < -0.3 is 29.4 Å². The molecule has 3 aromatic carbocycles. The molecule has 41 heavy (non-hydrogen) atoms. The van der Waals surface area contributed by atoms with Gasteiger partial charge in [0.05, 0.1) is 26.4 Å². The average Bonchev–Trinajstić information content (AvgIpc) is 3.39. The molecule has 0 saturated carbocycles. The number of ether oxygens (including phenoxy) is 4. The normalized spacial score (nSPS) is 19.2. The lowest BCUT2D eigenvalue weighted by atomic mass is 9.78. The lowest BCUT2D eigenvalue weighted by Gasteiger charge is -2.37. The summed E-state index contributed by atoms with van der Waals surface area (Å²) in [5.41, 5.74) is 7.33. The third-order valence-electron chi connectivity index (χ3n) is 7.68. The van der Waals surface area contributed by atoms with Crippen LogP contribution in [0.15, 0.2) is 84.6 Å². The van der Waals surface area contributed by atoms with Gasteiger partial charge in [-0.05, 0) is 59.2 Å². The minimum Gasteiger partial charge on any atom is -0.459 e. The maximum atomic E-state index is 13.4. The molecule has 2 aliphatic rings. The Hall–Kier alpha value is -3.49. The Kier molecular flexibility index (Phi) is 10.2. The largest absolute Gasteiger partial charge is 0.459 e. The van der Waals surface area contributed by atoms with E-state index in [4.69, 9.17) is 24.1 Å². The summed E-state index contributed by atoms with van der Waals surface area (Å²) >= 11 is 0. The molecule has 0 fully saturated rings. The highest BCUT2D eigenvalue weighted by Crippen LogP contribution is 2.45. The Morgan fingerprint density at radius 2 is 1.68 bits per heavy atom. The van der Waals surface area contributed by atoms with Crippen molar-refractivity contribution in [3.05, 3.63) is 107 Å². The predicted octanol–water partition coefficient (Wildman–Crippen LogP) is 4.97. The van der Waals surface area contributed by atoms with Crippen molar-refractivity contribution in [2.75, 3.05) is 39.6 Å². The van der Waals surface area contributed by atoms with Crippen molar-refractivity contribution in [1.82, 2.24) is 5.32 Å². The number of amides is 1. The molecule has 0 unspecified atom stereocenters. The van der Waals surface area contributed by atoms with Crippen molar-refractivity contribution in [2.45, 2.75) is 38.5 Å². The van der Waals surface area contributed by atoms with Gasteiger partial charge in [0.15, 0.2) is 5.76 Å². The van der Waals surface area contributed by atoms with Crippen molar-refractivity contribution < 1.29 is 28.8 Å². The summed E-state index contributed by atoms with van der Waals surface area (Å²) in [6.45, 7) is 4.47. The van der Waals surface area contributed by atoms with Crippen LogP contribution < -0.4 is 5.32 Å². The highest BCUT2D eigenvalue weighted by atomic mass is 16.7. The molecule has 1 aliphatic heterocycles. The number of hydrogen-bond donors (Lipinski definition) is 2. The molecule has 1 aliphatic carbocycles. The second-order valence-electron chi connectivity index (χ2n) is 10.3. The number of aliphatic hydroxyl groups is 1. The van der Waals surface area contributed by atoms with E-state index in [-0.39, 0.29) is 30.1 Å². The first kappa shape index (κ1) is 29.0. The van der Waals surface area contributed by atoms with Crippen LogP contribution in [0.5, 0.6) is 0 Å². The van der Waals surface area contributed by atoms with Gasteiger partial charge in [0.2, 0.25) is 6.29 Å². The fourth-order valence-corrected chi connectivity index (χ4v) is 5.76. The molecule has 7 nitrogen and oxygen atoms in total. The Morgan fingerprint density at radius 1 is 0.927 bits per heavy atom. The summed E-state index contributed by atoms with van der Waals surface area (Å²) in [6, 6.07) is 24.8. The molecular formula is C34H39NO6. The van der Waals surface area contributed by atoms with E-state index in [1.807, 2.05) is 43.3 Å². The summed E-state index contributed by atoms with van der Waals surface area (Å²) in [7, 11) is 0. The molecule has 0 radical (unpaired) electrons. The van der Waals surface area contributed by atoms with E-state index in [1.54, 1.807) is 0 Å². The summed E-state index contributed by atoms with van der Waals surface area (Å²) in [4.78, 5) is 13.4. The van der Waals surface area contributed by atoms with E-state index >= 15 is 0 Å². The number of carbonyl (C=O) groups is 1. The standard InChI is InChI=1S/C34H39NO6/c1-2-40-34-29(15-17-38-19-20-39-18-16-36)31(22-32(41-34)33(37)35-23-24-9-4-3-5-10-24)28-14-8-13-27-26-12-7-6-11-25(26)21-30(27)28/h3-14,22,29,31,34,36H,2,15-21,23H2,1H3,(H,35,37)/t29-,31+,34+/m0/s1. The van der Waals surface area contributed by atoms with Crippen molar-refractivity contribution >= 4 is 5.91 Å². The molecule has 0 spiro atoms. The van der Waals surface area contributed by atoms with Crippen LogP contribution in [0, 0.1) is 5.92 Å². The molecule has 2 N–H and O–H groups in total. The lowest BCUT2D eigenvalue weighted by molar-refractivity contribution is -0.168. The minimum atomic E-state index is -0.596. The fourth-order valence-electron chi connectivity index (χ4n) is 5.76. The first-order valence-electron chi connectivity index (χ1n) is 14.5. The number of carbonyl (C=O) groups excluding carboxylic acids is 1. The van der Waals surface area contributed by atoms with Crippen molar-refractivity contribution in [1.29, 1.82) is 0 Å². The van der Waals surface area contributed by atoms with Gasteiger partial charge in [-0.2, -0.15) is 0 Å². The molecule has 3 aromatic rings. The van der Waals surface area contributed by atoms with Gasteiger partial charge in [0.25, 0.3) is 5.91 Å². The number of hydrogen-bond acceptors (Lipinski definition) is 6. The summed E-state index contributed by atoms with van der Waals surface area (Å²) < 4.78 is 23.6. The van der Waals surface area contributed by atoms with Crippen LogP contribution in [0.4, 0.5) is 0 Å². The number of aliphatic hydroxyl groups excluding tert-OH is 1. The van der Waals surface area contributed by atoms with Gasteiger partial charge in [0.1, 0.15) is 0 Å². The molecular weight excluding hydrogens is 518 g/mol. The highest BCUT2D eigenvalue weighted by Gasteiger charge is 2.39. The van der Waals surface area contributed by atoms with Gasteiger partial charge in [-0.1, -0.05) is 72.8 Å². The Balaban J connectivity index is 1.42. The second-order valence-corrected chi connectivity index (χ2v) is 10.3. The lowest BCUT2D eigenvalue weighted by Crippen LogP contribution is -2.39. The average molecular weight is 558 g/mol. The van der Waals surface area contributed by atoms with E-state index in [1.165, 1.54) is 27.8 Å². The topological polar surface area (TPSA) is 86.3 Å². The number of rotatable bonds is 14. The van der Waals surface area contributed by atoms with E-state index in [2.05, 4.69) is 47.8 Å². The van der Waals surface area contributed by atoms with E-state index in [0.717, 1.165) is 12.0 Å². The summed E-state index contributed by atoms with van der Waals surface area (Å²) in [5, 5.41) is 11.9. The number of nitrogens with one attached hydrogen (secondary N) is 1. The van der Waals surface area contributed by atoms with Crippen LogP contribution in [0.3, 0.4) is 0 Å². The van der Waals surface area contributed by atoms with E-state index in [0.29, 0.717) is 46.0 Å². The van der Waals surface area contributed by atoms with Crippen LogP contribution >= 0.6 is 0 Å². The summed E-state index contributed by atoms with van der Waals surface area (Å²) in [6.07, 6.45) is 2.92. The zero-order chi connectivity index (χ0) is 28.4. The quantitative estimate of drug-likeness (QED) is 0.213. The van der Waals surface area contributed by atoms with Gasteiger partial charge in [-0.15, -0.1) is 0 Å². The molecule has 216 valence electrons. The molecule has 3 atom stereocenters. The van der Waals surface area contributed by atoms with Gasteiger partial charge >= 0.3 is 0 Å². The fraction of sp³-hybridized carbons (Fsp3) is 0.382. The zero-order valence-electron chi connectivity index (χ0n) is 23.6. The number of allylic oxidation sites excluding steroid dienone is 1.